The molecule has 1 aromatic carbocycles. The predicted molar refractivity (Wildman–Crippen MR) is 117 cm³/mol. The zero-order valence-electron chi connectivity index (χ0n) is 17.4. The van der Waals surface area contributed by atoms with Gasteiger partial charge in [0.05, 0.1) is 13.7 Å². The molecule has 0 saturated heterocycles. The lowest BCUT2D eigenvalue weighted by molar-refractivity contribution is -0.146. The van der Waals surface area contributed by atoms with E-state index in [1.807, 2.05) is 42.6 Å². The lowest BCUT2D eigenvalue weighted by atomic mass is 9.69. The summed E-state index contributed by atoms with van der Waals surface area (Å²) >= 11 is 1.67. The smallest absolute Gasteiger partial charge is 0.315 e. The third-order valence-electron chi connectivity index (χ3n) is 5.85. The van der Waals surface area contributed by atoms with E-state index in [4.69, 9.17) is 14.5 Å². The van der Waals surface area contributed by atoms with Gasteiger partial charge in [0.15, 0.2) is 5.78 Å². The number of aliphatic imine (C=N–C) groups is 1. The van der Waals surface area contributed by atoms with Crippen molar-refractivity contribution in [3.05, 3.63) is 63.5 Å². The van der Waals surface area contributed by atoms with E-state index >= 15 is 0 Å². The molecule has 1 aliphatic heterocycles. The van der Waals surface area contributed by atoms with Crippen molar-refractivity contribution in [3.63, 3.8) is 0 Å². The van der Waals surface area contributed by atoms with Gasteiger partial charge in [-0.3, -0.25) is 14.6 Å². The first-order valence-electron chi connectivity index (χ1n) is 10.2. The number of para-hydroxylation sites is 1. The normalized spacial score (nSPS) is 23.6. The van der Waals surface area contributed by atoms with Crippen LogP contribution in [-0.4, -0.2) is 31.2 Å². The van der Waals surface area contributed by atoms with E-state index in [1.165, 1.54) is 4.88 Å². The Morgan fingerprint density at radius 1 is 1.20 bits per heavy atom. The molecule has 2 aromatic rings. The molecular formula is C24H25NO4S. The summed E-state index contributed by atoms with van der Waals surface area (Å²) in [7, 11) is 1.60. The van der Waals surface area contributed by atoms with Crippen LogP contribution in [0, 0.1) is 5.92 Å². The van der Waals surface area contributed by atoms with E-state index < -0.39 is 11.8 Å². The lowest BCUT2D eigenvalue weighted by Gasteiger charge is -2.36. The molecule has 156 valence electrons. The van der Waals surface area contributed by atoms with Crippen molar-refractivity contribution in [2.45, 2.75) is 38.5 Å². The molecule has 2 heterocycles. The molecule has 0 bridgehead atoms. The minimum absolute atomic E-state index is 0.0519. The molecule has 1 aliphatic carbocycles. The number of carbonyl (C=O) groups excluding carboxylic acids is 2. The first-order chi connectivity index (χ1) is 14.5. The van der Waals surface area contributed by atoms with Crippen molar-refractivity contribution in [3.8, 4) is 5.75 Å². The van der Waals surface area contributed by atoms with Crippen molar-refractivity contribution < 1.29 is 19.1 Å². The Labute approximate surface area is 180 Å². The van der Waals surface area contributed by atoms with Crippen molar-refractivity contribution >= 4 is 28.8 Å². The van der Waals surface area contributed by atoms with Crippen LogP contribution >= 0.6 is 11.3 Å². The molecular weight excluding hydrogens is 398 g/mol. The van der Waals surface area contributed by atoms with E-state index in [-0.39, 0.29) is 24.3 Å². The van der Waals surface area contributed by atoms with Gasteiger partial charge in [0, 0.05) is 45.7 Å². The highest BCUT2D eigenvalue weighted by Gasteiger charge is 2.45. The van der Waals surface area contributed by atoms with Gasteiger partial charge in [-0.05, 0) is 37.8 Å². The van der Waals surface area contributed by atoms with Gasteiger partial charge in [-0.2, -0.15) is 0 Å². The van der Waals surface area contributed by atoms with Gasteiger partial charge in [-0.25, -0.2) is 0 Å². The van der Waals surface area contributed by atoms with E-state index in [1.54, 1.807) is 25.4 Å². The largest absolute Gasteiger partial charge is 0.496 e. The number of allylic oxidation sites excluding steroid dienone is 2. The van der Waals surface area contributed by atoms with Crippen molar-refractivity contribution in [1.29, 1.82) is 0 Å². The molecule has 0 amide bonds. The van der Waals surface area contributed by atoms with Crippen LogP contribution in [0.5, 0.6) is 5.75 Å². The number of nitrogens with zero attached hydrogens (tertiary/aromatic N) is 1. The van der Waals surface area contributed by atoms with E-state index in [9.17, 15) is 9.59 Å². The summed E-state index contributed by atoms with van der Waals surface area (Å²) in [6.07, 6.45) is 1.12. The summed E-state index contributed by atoms with van der Waals surface area (Å²) in [5, 5.41) is 2.04. The second kappa shape index (κ2) is 8.56. The van der Waals surface area contributed by atoms with Gasteiger partial charge in [0.25, 0.3) is 0 Å². The van der Waals surface area contributed by atoms with Crippen LogP contribution in [0.1, 0.15) is 49.0 Å². The molecule has 1 unspecified atom stereocenters. The maximum atomic E-state index is 13.4. The summed E-state index contributed by atoms with van der Waals surface area (Å²) in [6, 6.07) is 11.7. The quantitative estimate of drug-likeness (QED) is 0.642. The summed E-state index contributed by atoms with van der Waals surface area (Å²) in [4.78, 5) is 32.4. The van der Waals surface area contributed by atoms with E-state index in [0.717, 1.165) is 11.3 Å². The SMILES string of the molecule is CCOC(=O)C1C(C)=NC2=C(C(=O)C[C@H](c3cccs3)C2)[C@@H]1c1ccccc1OC. The van der Waals surface area contributed by atoms with Crippen LogP contribution in [-0.2, 0) is 14.3 Å². The molecule has 0 fully saturated rings. The molecule has 0 radical (unpaired) electrons. The van der Waals surface area contributed by atoms with Crippen LogP contribution in [0.2, 0.25) is 0 Å². The molecule has 30 heavy (non-hydrogen) atoms. The molecule has 3 atom stereocenters. The number of benzene rings is 1. The molecule has 1 aromatic heterocycles. The second-order valence-electron chi connectivity index (χ2n) is 7.61. The number of hydrogen-bond acceptors (Lipinski definition) is 6. The standard InChI is InChI=1S/C24H25NO4S/c1-4-29-24(27)21-14(2)25-17-12-15(20-10-7-11-30-20)13-18(26)23(17)22(21)16-8-5-6-9-19(16)28-3/h5-11,15,21-22H,4,12-13H2,1-3H3/t15-,21?,22-/m1/s1. The minimum atomic E-state index is -0.637. The first-order valence-corrected chi connectivity index (χ1v) is 11.1. The van der Waals surface area contributed by atoms with Gasteiger partial charge in [-0.15, -0.1) is 11.3 Å². The number of Topliss-reactive ketones (excluding diaryl/α,β-unsaturated/α-hetero) is 1. The zero-order valence-corrected chi connectivity index (χ0v) is 18.2. The number of rotatable bonds is 5. The number of methoxy groups -OCH3 is 1. The molecule has 0 saturated carbocycles. The van der Waals surface area contributed by atoms with Crippen molar-refractivity contribution in [2.75, 3.05) is 13.7 Å². The Bertz CT molecular complexity index is 1020. The summed E-state index contributed by atoms with van der Waals surface area (Å²) in [5.74, 6) is -0.603. The molecule has 6 heteroatoms. The highest BCUT2D eigenvalue weighted by atomic mass is 32.1. The van der Waals surface area contributed by atoms with Gasteiger partial charge >= 0.3 is 5.97 Å². The third-order valence-corrected chi connectivity index (χ3v) is 6.88. The van der Waals surface area contributed by atoms with Crippen LogP contribution < -0.4 is 4.74 Å². The second-order valence-corrected chi connectivity index (χ2v) is 8.59. The zero-order chi connectivity index (χ0) is 21.3. The van der Waals surface area contributed by atoms with Crippen LogP contribution in [0.3, 0.4) is 0 Å². The molecule has 0 N–H and O–H groups in total. The minimum Gasteiger partial charge on any atom is -0.496 e. The lowest BCUT2D eigenvalue weighted by Crippen LogP contribution is -2.38. The Hall–Kier alpha value is -2.73. The molecule has 0 spiro atoms. The number of carbonyl (C=O) groups is 2. The van der Waals surface area contributed by atoms with E-state index in [0.29, 0.717) is 29.9 Å². The summed E-state index contributed by atoms with van der Waals surface area (Å²) in [5.41, 5.74) is 2.93. The average molecular weight is 424 g/mol. The first kappa shape index (κ1) is 20.5. The van der Waals surface area contributed by atoms with E-state index in [2.05, 4.69) is 6.07 Å². The Morgan fingerprint density at radius 2 is 2.00 bits per heavy atom. The van der Waals surface area contributed by atoms with Crippen LogP contribution in [0.15, 0.2) is 58.0 Å². The van der Waals surface area contributed by atoms with Crippen LogP contribution in [0.4, 0.5) is 0 Å². The number of ketones is 1. The van der Waals surface area contributed by atoms with Gasteiger partial charge in [-0.1, -0.05) is 24.3 Å². The van der Waals surface area contributed by atoms with Gasteiger partial charge < -0.3 is 9.47 Å². The number of thiophene rings is 1. The average Bonchev–Trinajstić information content (AvgIpc) is 3.27. The van der Waals surface area contributed by atoms with Crippen molar-refractivity contribution in [1.82, 2.24) is 0 Å². The Balaban J connectivity index is 1.85. The molecule has 2 aliphatic rings. The summed E-state index contributed by atoms with van der Waals surface area (Å²) < 4.78 is 11.0. The maximum absolute atomic E-state index is 13.4. The number of hydrogen-bond donors (Lipinski definition) is 0. The Kier molecular flexibility index (Phi) is 5.86. The molecule has 4 rings (SSSR count). The van der Waals surface area contributed by atoms with Crippen molar-refractivity contribution in [2.24, 2.45) is 10.9 Å². The fourth-order valence-electron chi connectivity index (χ4n) is 4.58. The van der Waals surface area contributed by atoms with Gasteiger partial charge in [0.1, 0.15) is 11.7 Å². The highest BCUT2D eigenvalue weighted by molar-refractivity contribution is 7.10. The fourth-order valence-corrected chi connectivity index (χ4v) is 5.41. The highest BCUT2D eigenvalue weighted by Crippen LogP contribution is 2.49. The monoisotopic (exact) mass is 423 g/mol. The number of esters is 1. The van der Waals surface area contributed by atoms with Gasteiger partial charge in [0.2, 0.25) is 0 Å². The third kappa shape index (κ3) is 3.60. The number of ether oxygens (including phenoxy) is 2. The topological polar surface area (TPSA) is 65.0 Å². The fraction of sp³-hybridized carbons (Fsp3) is 0.375. The predicted octanol–water partition coefficient (Wildman–Crippen LogP) is 4.89. The maximum Gasteiger partial charge on any atom is 0.315 e. The summed E-state index contributed by atoms with van der Waals surface area (Å²) in [6.45, 7) is 3.92. The van der Waals surface area contributed by atoms with Crippen LogP contribution in [0.25, 0.3) is 0 Å². The molecule has 5 nitrogen and oxygen atoms in total. The Morgan fingerprint density at radius 3 is 2.70 bits per heavy atom.